The number of nitrogens with one attached hydrogen (secondary N) is 1. The first-order valence-corrected chi connectivity index (χ1v) is 13.6. The molecule has 0 amide bonds. The molecule has 0 bridgehead atoms. The lowest BCUT2D eigenvalue weighted by Gasteiger charge is -2.38. The first-order valence-electron chi connectivity index (χ1n) is 11.8. The number of allylic oxidation sites excluding steroid dienone is 2. The van der Waals surface area contributed by atoms with E-state index in [4.69, 9.17) is 23.5 Å². The van der Waals surface area contributed by atoms with Crippen LogP contribution in [0, 0.1) is 6.92 Å². The first-order chi connectivity index (χ1) is 17.1. The quantitative estimate of drug-likeness (QED) is 0.260. The summed E-state index contributed by atoms with van der Waals surface area (Å²) in [6.45, 7) is 7.39. The van der Waals surface area contributed by atoms with E-state index in [1.165, 1.54) is 7.11 Å². The highest BCUT2D eigenvalue weighted by Gasteiger charge is 2.37. The van der Waals surface area contributed by atoms with Crippen molar-refractivity contribution in [3.05, 3.63) is 64.2 Å². The molecule has 1 saturated heterocycles. The summed E-state index contributed by atoms with van der Waals surface area (Å²) in [7, 11) is -1.92. The summed E-state index contributed by atoms with van der Waals surface area (Å²) < 4.78 is 41.7. The molecule has 0 spiro atoms. The predicted molar refractivity (Wildman–Crippen MR) is 134 cm³/mol. The van der Waals surface area contributed by atoms with Crippen LogP contribution in [-0.4, -0.2) is 43.0 Å². The molecule has 2 aromatic carbocycles. The topological polar surface area (TPSA) is 113 Å². The maximum Gasteiger partial charge on any atom is 0.342 e. The molecule has 2 heterocycles. The van der Waals surface area contributed by atoms with Crippen molar-refractivity contribution >= 4 is 13.5 Å². The summed E-state index contributed by atoms with van der Waals surface area (Å²) in [5.74, 6) is 0.272. The molecule has 2 aromatic rings. The number of ether oxygens (including phenoxy) is 4. The average molecular weight is 518 g/mol. The SMILES string of the molecule is COc1c(C)c2c(c(O)c1C/C=C(\C)CP(=O)(N[C@@H](C)C1OC(C)O1)Oc1ccccc1)C(=O)OC2. The van der Waals surface area contributed by atoms with Crippen LogP contribution >= 0.6 is 7.52 Å². The zero-order valence-electron chi connectivity index (χ0n) is 21.1. The Morgan fingerprint density at radius 1 is 1.31 bits per heavy atom. The third-order valence-corrected chi connectivity index (χ3v) is 8.44. The lowest BCUT2D eigenvalue weighted by Crippen LogP contribution is -2.50. The van der Waals surface area contributed by atoms with Crippen LogP contribution in [0.4, 0.5) is 0 Å². The van der Waals surface area contributed by atoms with Gasteiger partial charge in [0.05, 0.1) is 19.3 Å². The van der Waals surface area contributed by atoms with Crippen LogP contribution < -0.4 is 14.3 Å². The summed E-state index contributed by atoms with van der Waals surface area (Å²) in [5, 5.41) is 13.9. The van der Waals surface area contributed by atoms with Gasteiger partial charge in [-0.05, 0) is 51.8 Å². The van der Waals surface area contributed by atoms with Gasteiger partial charge in [-0.1, -0.05) is 29.8 Å². The fourth-order valence-corrected chi connectivity index (χ4v) is 6.65. The molecule has 0 radical (unpaired) electrons. The predicted octanol–water partition coefficient (Wildman–Crippen LogP) is 4.84. The summed E-state index contributed by atoms with van der Waals surface area (Å²) in [6.07, 6.45) is 1.38. The number of aromatic hydroxyl groups is 1. The van der Waals surface area contributed by atoms with E-state index in [0.29, 0.717) is 22.6 Å². The molecule has 1 fully saturated rings. The van der Waals surface area contributed by atoms with Gasteiger partial charge in [0.15, 0.2) is 12.6 Å². The second-order valence-corrected chi connectivity index (χ2v) is 11.1. The summed E-state index contributed by atoms with van der Waals surface area (Å²) in [5.41, 5.74) is 2.79. The van der Waals surface area contributed by atoms with E-state index in [1.54, 1.807) is 19.1 Å². The Bertz CT molecular complexity index is 1210. The fourth-order valence-electron chi connectivity index (χ4n) is 4.45. The Kier molecular flexibility index (Phi) is 7.76. The Morgan fingerprint density at radius 3 is 2.64 bits per heavy atom. The first kappa shape index (κ1) is 26.2. The molecule has 2 aliphatic rings. The smallest absolute Gasteiger partial charge is 0.342 e. The molecule has 0 saturated carbocycles. The van der Waals surface area contributed by atoms with Crippen molar-refractivity contribution in [2.24, 2.45) is 0 Å². The van der Waals surface area contributed by atoms with E-state index in [0.717, 1.165) is 11.1 Å². The fraction of sp³-hybridized carbons (Fsp3) is 0.423. The minimum Gasteiger partial charge on any atom is -0.507 e. The number of carbonyl (C=O) groups excluding carboxylic acids is 1. The molecule has 4 rings (SSSR count). The summed E-state index contributed by atoms with van der Waals surface area (Å²) in [6, 6.07) is 8.57. The van der Waals surface area contributed by atoms with E-state index >= 15 is 0 Å². The zero-order valence-corrected chi connectivity index (χ0v) is 22.0. The number of hydrogen-bond donors (Lipinski definition) is 2. The maximum atomic E-state index is 14.0. The largest absolute Gasteiger partial charge is 0.507 e. The zero-order chi connectivity index (χ0) is 26.0. The van der Waals surface area contributed by atoms with Gasteiger partial charge in [0, 0.05) is 11.1 Å². The normalized spacial score (nSPS) is 21.7. The van der Waals surface area contributed by atoms with Crippen molar-refractivity contribution in [2.45, 2.75) is 59.3 Å². The number of benzene rings is 2. The van der Waals surface area contributed by atoms with Crippen LogP contribution in [-0.2, 0) is 31.8 Å². The highest BCUT2D eigenvalue weighted by Crippen LogP contribution is 2.47. The highest BCUT2D eigenvalue weighted by atomic mass is 31.2. The lowest BCUT2D eigenvalue weighted by atomic mass is 9.95. The van der Waals surface area contributed by atoms with Crippen LogP contribution in [0.2, 0.25) is 0 Å². The molecule has 2 atom stereocenters. The Labute approximate surface area is 210 Å². The highest BCUT2D eigenvalue weighted by molar-refractivity contribution is 7.57. The minimum atomic E-state index is -3.44. The molecule has 10 heteroatoms. The Hall–Kier alpha value is -2.84. The van der Waals surface area contributed by atoms with Gasteiger partial charge in [-0.15, -0.1) is 0 Å². The summed E-state index contributed by atoms with van der Waals surface area (Å²) in [4.78, 5) is 12.2. The van der Waals surface area contributed by atoms with Gasteiger partial charge in [-0.25, -0.2) is 9.88 Å². The number of hydrogen-bond acceptors (Lipinski definition) is 8. The number of esters is 1. The number of carbonyl (C=O) groups is 1. The van der Waals surface area contributed by atoms with Crippen molar-refractivity contribution in [3.63, 3.8) is 0 Å². The maximum absolute atomic E-state index is 14.0. The molecular weight excluding hydrogens is 485 g/mol. The number of phenolic OH excluding ortho intramolecular Hbond substituents is 1. The molecular formula is C26H32NO8P. The molecule has 0 aromatic heterocycles. The number of fused-ring (bicyclic) bond motifs is 1. The van der Waals surface area contributed by atoms with Crippen molar-refractivity contribution in [3.8, 4) is 17.2 Å². The number of para-hydroxylation sites is 1. The Morgan fingerprint density at radius 2 is 2.00 bits per heavy atom. The van der Waals surface area contributed by atoms with Gasteiger partial charge in [0.1, 0.15) is 29.4 Å². The van der Waals surface area contributed by atoms with Crippen LogP contribution in [0.3, 0.4) is 0 Å². The molecule has 1 unspecified atom stereocenters. The van der Waals surface area contributed by atoms with Crippen LogP contribution in [0.15, 0.2) is 42.0 Å². The van der Waals surface area contributed by atoms with Gasteiger partial charge in [0.25, 0.3) is 0 Å². The van der Waals surface area contributed by atoms with Gasteiger partial charge in [-0.2, -0.15) is 0 Å². The minimum absolute atomic E-state index is 0.101. The summed E-state index contributed by atoms with van der Waals surface area (Å²) >= 11 is 0. The Balaban J connectivity index is 1.57. The molecule has 36 heavy (non-hydrogen) atoms. The second-order valence-electron chi connectivity index (χ2n) is 9.03. The van der Waals surface area contributed by atoms with Crippen molar-refractivity contribution in [1.82, 2.24) is 5.09 Å². The monoisotopic (exact) mass is 517 g/mol. The molecule has 2 aliphatic heterocycles. The number of rotatable bonds is 10. The van der Waals surface area contributed by atoms with E-state index in [-0.39, 0.29) is 42.8 Å². The number of phenols is 1. The molecule has 2 N–H and O–H groups in total. The van der Waals surface area contributed by atoms with Gasteiger partial charge in [0.2, 0.25) is 0 Å². The van der Waals surface area contributed by atoms with Crippen molar-refractivity contribution < 1.29 is 37.9 Å². The lowest BCUT2D eigenvalue weighted by molar-refractivity contribution is -0.381. The second kappa shape index (κ2) is 10.6. The third kappa shape index (κ3) is 5.44. The molecule has 0 aliphatic carbocycles. The van der Waals surface area contributed by atoms with Gasteiger partial charge >= 0.3 is 13.5 Å². The van der Waals surface area contributed by atoms with E-state index in [1.807, 2.05) is 45.0 Å². The number of cyclic esters (lactones) is 1. The van der Waals surface area contributed by atoms with Crippen LogP contribution in [0.5, 0.6) is 17.2 Å². The van der Waals surface area contributed by atoms with E-state index in [2.05, 4.69) is 5.09 Å². The van der Waals surface area contributed by atoms with Gasteiger partial charge in [-0.3, -0.25) is 4.57 Å². The van der Waals surface area contributed by atoms with Crippen molar-refractivity contribution in [2.75, 3.05) is 13.3 Å². The van der Waals surface area contributed by atoms with Crippen LogP contribution in [0.1, 0.15) is 47.8 Å². The molecule has 194 valence electrons. The van der Waals surface area contributed by atoms with Crippen LogP contribution in [0.25, 0.3) is 0 Å². The number of methoxy groups -OCH3 is 1. The average Bonchev–Trinajstić information content (AvgIpc) is 3.20. The van der Waals surface area contributed by atoms with E-state index in [9.17, 15) is 14.5 Å². The van der Waals surface area contributed by atoms with E-state index < -0.39 is 19.8 Å². The van der Waals surface area contributed by atoms with Crippen molar-refractivity contribution in [1.29, 1.82) is 0 Å². The van der Waals surface area contributed by atoms with Gasteiger partial charge < -0.3 is 28.6 Å². The standard InChI is InChI=1S/C26H32NO8P/c1-15(11-12-20-23(28)22-21(13-32-25(22)29)16(2)24(20)31-5)14-36(30,35-19-9-7-6-8-10-19)27-17(3)26-33-18(4)34-26/h6-11,17-18,26,28H,12-14H2,1-5H3,(H,27,30)/b15-11+/t17-,18?,26?,36?/m0/s1. The third-order valence-electron chi connectivity index (χ3n) is 6.22. The molecule has 9 nitrogen and oxygen atoms in total.